The lowest BCUT2D eigenvalue weighted by Crippen LogP contribution is -2.33. The van der Waals surface area contributed by atoms with E-state index >= 15 is 0 Å². The van der Waals surface area contributed by atoms with Gasteiger partial charge in [0.25, 0.3) is 0 Å². The zero-order valence-corrected chi connectivity index (χ0v) is 14.5. The average molecular weight is 338 g/mol. The average Bonchev–Trinajstić information content (AvgIpc) is 2.60. The van der Waals surface area contributed by atoms with Gasteiger partial charge in [0.05, 0.1) is 0 Å². The van der Waals surface area contributed by atoms with E-state index in [1.54, 1.807) is 29.2 Å². The molecule has 2 rings (SSSR count). The lowest BCUT2D eigenvalue weighted by Gasteiger charge is -2.20. The summed E-state index contributed by atoms with van der Waals surface area (Å²) in [6.07, 6.45) is -0.213. The first kappa shape index (κ1) is 18.4. The number of ketones is 1. The topological polar surface area (TPSA) is 66.5 Å². The Bertz CT molecular complexity index is 739. The molecule has 0 aliphatic heterocycles. The van der Waals surface area contributed by atoms with Crippen molar-refractivity contribution in [1.29, 1.82) is 0 Å². The maximum atomic E-state index is 12.3. The van der Waals surface area contributed by atoms with Crippen molar-refractivity contribution in [2.75, 3.05) is 11.9 Å². The minimum Gasteiger partial charge on any atom is -0.338 e. The molecule has 130 valence electrons. The number of anilines is 1. The predicted molar refractivity (Wildman–Crippen MR) is 97.2 cm³/mol. The molecule has 0 aliphatic carbocycles. The van der Waals surface area contributed by atoms with E-state index in [2.05, 4.69) is 5.32 Å². The van der Waals surface area contributed by atoms with Gasteiger partial charge in [-0.3, -0.25) is 14.4 Å². The third-order valence-electron chi connectivity index (χ3n) is 3.84. The number of carbonyl (C=O) groups is 3. The fourth-order valence-corrected chi connectivity index (χ4v) is 2.42. The first-order valence-corrected chi connectivity index (χ1v) is 8.22. The van der Waals surface area contributed by atoms with Crippen LogP contribution < -0.4 is 5.32 Å². The van der Waals surface area contributed by atoms with Crippen LogP contribution in [0.15, 0.2) is 54.6 Å². The number of carbonyl (C=O) groups excluding carboxylic acids is 3. The molecule has 0 fully saturated rings. The molecule has 5 nitrogen and oxygen atoms in total. The number of amides is 2. The summed E-state index contributed by atoms with van der Waals surface area (Å²) in [7, 11) is 0. The van der Waals surface area contributed by atoms with E-state index in [9.17, 15) is 14.4 Å². The summed E-state index contributed by atoms with van der Waals surface area (Å²) >= 11 is 0. The largest absolute Gasteiger partial charge is 0.338 e. The van der Waals surface area contributed by atoms with Crippen LogP contribution in [-0.4, -0.2) is 29.0 Å². The molecule has 2 aromatic rings. The van der Waals surface area contributed by atoms with Gasteiger partial charge in [0.2, 0.25) is 11.8 Å². The van der Waals surface area contributed by atoms with Gasteiger partial charge in [-0.1, -0.05) is 30.3 Å². The molecule has 0 heterocycles. The quantitative estimate of drug-likeness (QED) is 0.622. The summed E-state index contributed by atoms with van der Waals surface area (Å²) in [5, 5.41) is 2.68. The highest BCUT2D eigenvalue weighted by molar-refractivity contribution is 6.03. The van der Waals surface area contributed by atoms with E-state index in [1.807, 2.05) is 37.3 Å². The second-order valence-electron chi connectivity index (χ2n) is 5.75. The van der Waals surface area contributed by atoms with E-state index in [4.69, 9.17) is 0 Å². The second kappa shape index (κ2) is 8.78. The number of nitrogens with one attached hydrogen (secondary N) is 1. The van der Waals surface area contributed by atoms with Gasteiger partial charge in [0.15, 0.2) is 5.78 Å². The van der Waals surface area contributed by atoms with Crippen LogP contribution in [0.4, 0.5) is 5.69 Å². The van der Waals surface area contributed by atoms with E-state index in [0.29, 0.717) is 24.3 Å². The summed E-state index contributed by atoms with van der Waals surface area (Å²) in [5.74, 6) is -0.621. The Labute approximate surface area is 147 Å². The molecular weight excluding hydrogens is 316 g/mol. The number of Topliss-reactive ketones (excluding diaryl/α,β-unsaturated/α-hetero) is 1. The molecule has 0 aliphatic rings. The van der Waals surface area contributed by atoms with E-state index < -0.39 is 0 Å². The first-order valence-electron chi connectivity index (χ1n) is 8.22. The smallest absolute Gasteiger partial charge is 0.233 e. The Balaban J connectivity index is 1.91. The van der Waals surface area contributed by atoms with E-state index in [-0.39, 0.29) is 24.0 Å². The zero-order chi connectivity index (χ0) is 18.2. The molecule has 25 heavy (non-hydrogen) atoms. The van der Waals surface area contributed by atoms with Gasteiger partial charge in [-0.2, -0.15) is 0 Å². The Morgan fingerprint density at radius 1 is 0.960 bits per heavy atom. The molecule has 0 saturated carbocycles. The molecular formula is C20H22N2O3. The van der Waals surface area contributed by atoms with Crippen molar-refractivity contribution in [2.45, 2.75) is 26.8 Å². The number of nitrogens with zero attached hydrogens (tertiary/aromatic N) is 1. The Morgan fingerprint density at radius 2 is 1.60 bits per heavy atom. The van der Waals surface area contributed by atoms with Crippen LogP contribution >= 0.6 is 0 Å². The van der Waals surface area contributed by atoms with Crippen LogP contribution in [0, 0.1) is 0 Å². The van der Waals surface area contributed by atoms with Gasteiger partial charge < -0.3 is 10.2 Å². The minimum atomic E-state index is -0.368. The zero-order valence-electron chi connectivity index (χ0n) is 14.5. The SMILES string of the molecule is CCN(Cc1ccccc1)C(=O)CC(=O)Nc1ccc(C(C)=O)cc1. The van der Waals surface area contributed by atoms with Gasteiger partial charge in [-0.25, -0.2) is 0 Å². The van der Waals surface area contributed by atoms with E-state index in [1.165, 1.54) is 6.92 Å². The summed E-state index contributed by atoms with van der Waals surface area (Å²) < 4.78 is 0. The fourth-order valence-electron chi connectivity index (χ4n) is 2.42. The van der Waals surface area contributed by atoms with Crippen molar-refractivity contribution in [3.05, 3.63) is 65.7 Å². The van der Waals surface area contributed by atoms with E-state index in [0.717, 1.165) is 5.56 Å². The lowest BCUT2D eigenvalue weighted by molar-refractivity contribution is -0.134. The number of hydrogen-bond donors (Lipinski definition) is 1. The molecule has 5 heteroatoms. The van der Waals surface area contributed by atoms with Crippen molar-refractivity contribution >= 4 is 23.3 Å². The molecule has 0 aromatic heterocycles. The minimum absolute atomic E-state index is 0.0347. The third kappa shape index (κ3) is 5.57. The first-order chi connectivity index (χ1) is 12.0. The van der Waals surface area contributed by atoms with Crippen molar-refractivity contribution in [2.24, 2.45) is 0 Å². The Kier molecular flexibility index (Phi) is 6.46. The highest BCUT2D eigenvalue weighted by Gasteiger charge is 2.16. The number of benzene rings is 2. The Morgan fingerprint density at radius 3 is 2.16 bits per heavy atom. The van der Waals surface area contributed by atoms with Crippen molar-refractivity contribution < 1.29 is 14.4 Å². The summed E-state index contributed by atoms with van der Waals surface area (Å²) in [6, 6.07) is 16.3. The maximum absolute atomic E-state index is 12.3. The Hall–Kier alpha value is -2.95. The normalized spacial score (nSPS) is 10.2. The van der Waals surface area contributed by atoms with Crippen molar-refractivity contribution in [3.63, 3.8) is 0 Å². The van der Waals surface area contributed by atoms with Gasteiger partial charge in [-0.05, 0) is 43.7 Å². The summed E-state index contributed by atoms with van der Waals surface area (Å²) in [5.41, 5.74) is 2.17. The lowest BCUT2D eigenvalue weighted by atomic mass is 10.1. The second-order valence-corrected chi connectivity index (χ2v) is 5.75. The van der Waals surface area contributed by atoms with Crippen LogP contribution in [-0.2, 0) is 16.1 Å². The number of hydrogen-bond acceptors (Lipinski definition) is 3. The molecule has 0 saturated heterocycles. The molecule has 0 bridgehead atoms. The molecule has 0 radical (unpaired) electrons. The van der Waals surface area contributed by atoms with Crippen LogP contribution in [0.3, 0.4) is 0 Å². The molecule has 2 amide bonds. The molecule has 2 aromatic carbocycles. The standard InChI is InChI=1S/C20H22N2O3/c1-3-22(14-16-7-5-4-6-8-16)20(25)13-19(24)21-18-11-9-17(10-12-18)15(2)23/h4-12H,3,13-14H2,1-2H3,(H,21,24). The summed E-state index contributed by atoms with van der Waals surface area (Å²) in [6.45, 7) is 4.39. The van der Waals surface area contributed by atoms with Gasteiger partial charge in [0.1, 0.15) is 6.42 Å². The van der Waals surface area contributed by atoms with Gasteiger partial charge in [-0.15, -0.1) is 0 Å². The highest BCUT2D eigenvalue weighted by atomic mass is 16.2. The van der Waals surface area contributed by atoms with Crippen LogP contribution in [0.2, 0.25) is 0 Å². The van der Waals surface area contributed by atoms with Crippen molar-refractivity contribution in [1.82, 2.24) is 4.90 Å². The molecule has 0 unspecified atom stereocenters. The van der Waals surface area contributed by atoms with Gasteiger partial charge >= 0.3 is 0 Å². The maximum Gasteiger partial charge on any atom is 0.233 e. The predicted octanol–water partition coefficient (Wildman–Crippen LogP) is 3.27. The monoisotopic (exact) mass is 338 g/mol. The third-order valence-corrected chi connectivity index (χ3v) is 3.84. The summed E-state index contributed by atoms with van der Waals surface area (Å²) in [4.78, 5) is 37.3. The van der Waals surface area contributed by atoms with Crippen LogP contribution in [0.5, 0.6) is 0 Å². The van der Waals surface area contributed by atoms with Gasteiger partial charge in [0, 0.05) is 24.3 Å². The molecule has 0 spiro atoms. The number of rotatable bonds is 7. The molecule has 0 atom stereocenters. The highest BCUT2D eigenvalue weighted by Crippen LogP contribution is 2.11. The van der Waals surface area contributed by atoms with Crippen molar-refractivity contribution in [3.8, 4) is 0 Å². The van der Waals surface area contributed by atoms with Crippen LogP contribution in [0.25, 0.3) is 0 Å². The van der Waals surface area contributed by atoms with Crippen LogP contribution in [0.1, 0.15) is 36.2 Å². The molecule has 1 N–H and O–H groups in total. The fraction of sp³-hybridized carbons (Fsp3) is 0.250.